The molecule has 0 spiro atoms. The molecule has 0 aliphatic carbocycles. The molecule has 6 nitrogen and oxygen atoms in total. The van der Waals surface area contributed by atoms with Crippen molar-refractivity contribution in [3.05, 3.63) is 48.4 Å². The third-order valence-corrected chi connectivity index (χ3v) is 3.67. The lowest BCUT2D eigenvalue weighted by atomic mass is 10.1. The summed E-state index contributed by atoms with van der Waals surface area (Å²) < 4.78 is 13.8. The van der Waals surface area contributed by atoms with Gasteiger partial charge in [0.2, 0.25) is 11.8 Å². The van der Waals surface area contributed by atoms with Crippen molar-refractivity contribution in [2.24, 2.45) is 5.92 Å². The van der Waals surface area contributed by atoms with Crippen LogP contribution in [-0.4, -0.2) is 28.4 Å². The molecule has 118 valence electrons. The van der Waals surface area contributed by atoms with Crippen LogP contribution in [0.3, 0.4) is 0 Å². The maximum Gasteiger partial charge on any atom is 0.231 e. The van der Waals surface area contributed by atoms with Gasteiger partial charge in [-0.2, -0.15) is 0 Å². The predicted molar refractivity (Wildman–Crippen MR) is 81.4 cm³/mol. The van der Waals surface area contributed by atoms with Crippen molar-refractivity contribution in [2.45, 2.75) is 6.42 Å². The number of nitrogens with one attached hydrogen (secondary N) is 1. The van der Waals surface area contributed by atoms with Gasteiger partial charge in [0.25, 0.3) is 0 Å². The van der Waals surface area contributed by atoms with Gasteiger partial charge >= 0.3 is 0 Å². The van der Waals surface area contributed by atoms with Crippen LogP contribution in [0.1, 0.15) is 6.42 Å². The first-order chi connectivity index (χ1) is 11.1. The van der Waals surface area contributed by atoms with Crippen LogP contribution in [0.4, 0.5) is 15.9 Å². The normalized spacial score (nSPS) is 17.3. The quantitative estimate of drug-likeness (QED) is 0.906. The number of carbonyl (C=O) groups excluding carboxylic acids is 2. The summed E-state index contributed by atoms with van der Waals surface area (Å²) in [5, 5.41) is 12.1. The van der Waals surface area contributed by atoms with Gasteiger partial charge in [0.1, 0.15) is 5.82 Å². The van der Waals surface area contributed by atoms with Crippen LogP contribution in [-0.2, 0) is 9.59 Å². The van der Waals surface area contributed by atoms with E-state index in [1.807, 2.05) is 0 Å². The van der Waals surface area contributed by atoms with Gasteiger partial charge in [0, 0.05) is 19.2 Å². The van der Waals surface area contributed by atoms with Gasteiger partial charge in [0.15, 0.2) is 11.6 Å². The highest BCUT2D eigenvalue weighted by Crippen LogP contribution is 2.28. The van der Waals surface area contributed by atoms with Gasteiger partial charge in [-0.1, -0.05) is 12.1 Å². The van der Waals surface area contributed by atoms with Crippen LogP contribution in [0.2, 0.25) is 0 Å². The minimum atomic E-state index is -0.636. The Balaban J connectivity index is 1.74. The van der Waals surface area contributed by atoms with Crippen LogP contribution in [0, 0.1) is 11.7 Å². The lowest BCUT2D eigenvalue weighted by Crippen LogP contribution is -2.28. The second-order valence-electron chi connectivity index (χ2n) is 5.22. The van der Waals surface area contributed by atoms with E-state index in [1.165, 1.54) is 41.4 Å². The molecule has 1 atom stereocenters. The maximum atomic E-state index is 13.8. The lowest BCUT2D eigenvalue weighted by molar-refractivity contribution is -0.122. The number of aromatic nitrogens is 1. The van der Waals surface area contributed by atoms with Crippen molar-refractivity contribution >= 4 is 23.3 Å². The Labute approximate surface area is 131 Å². The molecule has 0 unspecified atom stereocenters. The van der Waals surface area contributed by atoms with Crippen molar-refractivity contribution in [3.8, 4) is 5.75 Å². The fourth-order valence-corrected chi connectivity index (χ4v) is 2.50. The van der Waals surface area contributed by atoms with Gasteiger partial charge < -0.3 is 15.3 Å². The molecule has 1 saturated heterocycles. The molecule has 1 aliphatic rings. The Morgan fingerprint density at radius 1 is 1.30 bits per heavy atom. The van der Waals surface area contributed by atoms with E-state index in [4.69, 9.17) is 0 Å². The number of amides is 2. The predicted octanol–water partition coefficient (Wildman–Crippen LogP) is 1.92. The van der Waals surface area contributed by atoms with E-state index in [2.05, 4.69) is 10.3 Å². The summed E-state index contributed by atoms with van der Waals surface area (Å²) in [6.07, 6.45) is 1.41. The number of anilines is 2. The molecule has 1 aromatic carbocycles. The van der Waals surface area contributed by atoms with Gasteiger partial charge in [-0.3, -0.25) is 9.59 Å². The summed E-state index contributed by atoms with van der Waals surface area (Å²) in [4.78, 5) is 29.4. The number of para-hydroxylation sites is 1. The summed E-state index contributed by atoms with van der Waals surface area (Å²) in [5.74, 6) is -2.02. The summed E-state index contributed by atoms with van der Waals surface area (Å²) in [7, 11) is 0. The summed E-state index contributed by atoms with van der Waals surface area (Å²) in [6, 6.07) is 8.86. The highest BCUT2D eigenvalue weighted by molar-refractivity contribution is 6.03. The Morgan fingerprint density at radius 3 is 2.83 bits per heavy atom. The SMILES string of the molecule is O=C(Nc1ncccc1O)[C@H]1CC(=O)N(c2ccccc2F)C1. The summed E-state index contributed by atoms with van der Waals surface area (Å²) in [5.41, 5.74) is 0.161. The Morgan fingerprint density at radius 2 is 2.09 bits per heavy atom. The molecule has 7 heteroatoms. The van der Waals surface area contributed by atoms with Crippen molar-refractivity contribution < 1.29 is 19.1 Å². The zero-order chi connectivity index (χ0) is 16.4. The van der Waals surface area contributed by atoms with Crippen LogP contribution in [0.5, 0.6) is 5.75 Å². The van der Waals surface area contributed by atoms with Gasteiger partial charge in [-0.05, 0) is 24.3 Å². The first-order valence-electron chi connectivity index (χ1n) is 7.06. The number of hydrogen-bond acceptors (Lipinski definition) is 4. The molecule has 0 radical (unpaired) electrons. The molecule has 1 fully saturated rings. The van der Waals surface area contributed by atoms with Crippen LogP contribution in [0.25, 0.3) is 0 Å². The van der Waals surface area contributed by atoms with E-state index in [0.29, 0.717) is 0 Å². The van der Waals surface area contributed by atoms with E-state index in [9.17, 15) is 19.1 Å². The number of nitrogens with zero attached hydrogens (tertiary/aromatic N) is 2. The number of rotatable bonds is 3. The third-order valence-electron chi connectivity index (χ3n) is 3.67. The highest BCUT2D eigenvalue weighted by Gasteiger charge is 2.36. The first kappa shape index (κ1) is 15.0. The molecule has 2 aromatic rings. The van der Waals surface area contributed by atoms with E-state index < -0.39 is 17.6 Å². The Hall–Kier alpha value is -2.96. The maximum absolute atomic E-state index is 13.8. The fraction of sp³-hybridized carbons (Fsp3) is 0.188. The number of hydrogen-bond donors (Lipinski definition) is 2. The number of carbonyl (C=O) groups is 2. The van der Waals surface area contributed by atoms with E-state index in [1.54, 1.807) is 6.07 Å². The van der Waals surface area contributed by atoms with Gasteiger partial charge in [-0.15, -0.1) is 0 Å². The molecule has 3 rings (SSSR count). The topological polar surface area (TPSA) is 82.5 Å². The van der Waals surface area contributed by atoms with Crippen molar-refractivity contribution in [2.75, 3.05) is 16.8 Å². The smallest absolute Gasteiger partial charge is 0.231 e. The number of aromatic hydroxyl groups is 1. The zero-order valence-electron chi connectivity index (χ0n) is 12.1. The zero-order valence-corrected chi connectivity index (χ0v) is 12.1. The number of halogens is 1. The van der Waals surface area contributed by atoms with E-state index in [-0.39, 0.29) is 36.1 Å². The second-order valence-corrected chi connectivity index (χ2v) is 5.22. The van der Waals surface area contributed by atoms with Gasteiger partial charge in [-0.25, -0.2) is 9.37 Å². The van der Waals surface area contributed by atoms with Crippen molar-refractivity contribution in [1.82, 2.24) is 4.98 Å². The van der Waals surface area contributed by atoms with Crippen LogP contribution in [0.15, 0.2) is 42.6 Å². The number of benzene rings is 1. The summed E-state index contributed by atoms with van der Waals surface area (Å²) >= 11 is 0. The Bertz CT molecular complexity index is 766. The first-order valence-corrected chi connectivity index (χ1v) is 7.06. The third kappa shape index (κ3) is 2.98. The molecule has 23 heavy (non-hydrogen) atoms. The number of pyridine rings is 1. The molecule has 2 N–H and O–H groups in total. The minimum absolute atomic E-state index is 0.0201. The molecule has 2 heterocycles. The van der Waals surface area contributed by atoms with Gasteiger partial charge in [0.05, 0.1) is 11.6 Å². The average Bonchev–Trinajstić information content (AvgIpc) is 2.92. The average molecular weight is 315 g/mol. The fourth-order valence-electron chi connectivity index (χ4n) is 2.50. The molecular formula is C16H14FN3O3. The second kappa shape index (κ2) is 6.04. The van der Waals surface area contributed by atoms with E-state index in [0.717, 1.165) is 0 Å². The molecule has 2 amide bonds. The molecular weight excluding hydrogens is 301 g/mol. The summed E-state index contributed by atoms with van der Waals surface area (Å²) in [6.45, 7) is 0.0825. The van der Waals surface area contributed by atoms with Crippen LogP contribution >= 0.6 is 0 Å². The molecule has 1 aliphatic heterocycles. The molecule has 0 saturated carbocycles. The monoisotopic (exact) mass is 315 g/mol. The van der Waals surface area contributed by atoms with E-state index >= 15 is 0 Å². The highest BCUT2D eigenvalue weighted by atomic mass is 19.1. The van der Waals surface area contributed by atoms with Crippen LogP contribution < -0.4 is 10.2 Å². The largest absolute Gasteiger partial charge is 0.504 e. The molecule has 0 bridgehead atoms. The minimum Gasteiger partial charge on any atom is -0.504 e. The van der Waals surface area contributed by atoms with Crippen molar-refractivity contribution in [3.63, 3.8) is 0 Å². The molecule has 1 aromatic heterocycles. The lowest BCUT2D eigenvalue weighted by Gasteiger charge is -2.17. The van der Waals surface area contributed by atoms with Crippen molar-refractivity contribution in [1.29, 1.82) is 0 Å². The standard InChI is InChI=1S/C16H14FN3O3/c17-11-4-1-2-5-12(11)20-9-10(8-14(20)22)16(23)19-15-13(21)6-3-7-18-15/h1-7,10,21H,8-9H2,(H,18,19,23)/t10-/m0/s1. The Kier molecular flexibility index (Phi) is 3.92.